The van der Waals surface area contributed by atoms with Crippen molar-refractivity contribution in [1.29, 1.82) is 0 Å². The second-order valence-corrected chi connectivity index (χ2v) is 6.28. The first-order valence-corrected chi connectivity index (χ1v) is 8.35. The first-order valence-electron chi connectivity index (χ1n) is 7.56. The van der Waals surface area contributed by atoms with Gasteiger partial charge in [-0.2, -0.15) is 5.10 Å². The maximum Gasteiger partial charge on any atom is 0.0522 e. The van der Waals surface area contributed by atoms with Gasteiger partial charge in [0.15, 0.2) is 0 Å². The van der Waals surface area contributed by atoms with Crippen LogP contribution in [0.5, 0.6) is 0 Å². The zero-order chi connectivity index (χ0) is 15.4. The molecule has 0 fully saturated rings. The van der Waals surface area contributed by atoms with Crippen molar-refractivity contribution in [1.82, 2.24) is 15.1 Å². The zero-order valence-corrected chi connectivity index (χ0v) is 14.9. The number of benzene rings is 1. The molecule has 1 N–H and O–H groups in total. The van der Waals surface area contributed by atoms with Gasteiger partial charge in [0.1, 0.15) is 0 Å². The smallest absolute Gasteiger partial charge is 0.0522 e. The van der Waals surface area contributed by atoms with Crippen molar-refractivity contribution >= 4 is 15.9 Å². The maximum atomic E-state index is 4.37. The molecule has 3 nitrogen and oxygen atoms in total. The van der Waals surface area contributed by atoms with Gasteiger partial charge in [0, 0.05) is 23.3 Å². The molecule has 0 amide bonds. The lowest BCUT2D eigenvalue weighted by atomic mass is 9.97. The molecule has 1 atom stereocenters. The summed E-state index contributed by atoms with van der Waals surface area (Å²) in [6.45, 7) is 10.4. The van der Waals surface area contributed by atoms with Gasteiger partial charge in [-0.25, -0.2) is 0 Å². The van der Waals surface area contributed by atoms with Crippen LogP contribution >= 0.6 is 15.9 Å². The molecular formula is C17H24BrN3. The Balaban J connectivity index is 2.26. The molecule has 0 aliphatic rings. The number of nitrogens with one attached hydrogen (secondary N) is 1. The third-order valence-corrected chi connectivity index (χ3v) is 5.01. The van der Waals surface area contributed by atoms with Gasteiger partial charge in [0.25, 0.3) is 0 Å². The van der Waals surface area contributed by atoms with Gasteiger partial charge >= 0.3 is 0 Å². The molecule has 1 aromatic heterocycles. The number of aryl methyl sites for hydroxylation is 3. The minimum Gasteiger partial charge on any atom is -0.310 e. The molecule has 0 radical (unpaired) electrons. The molecule has 2 aromatic rings. The van der Waals surface area contributed by atoms with Gasteiger partial charge in [0.05, 0.1) is 6.20 Å². The minimum atomic E-state index is 0.329. The second-order valence-electron chi connectivity index (χ2n) is 5.49. The number of aromatic nitrogens is 2. The van der Waals surface area contributed by atoms with Gasteiger partial charge in [-0.05, 0) is 56.0 Å². The van der Waals surface area contributed by atoms with Crippen LogP contribution in [0.2, 0.25) is 0 Å². The van der Waals surface area contributed by atoms with Crippen molar-refractivity contribution in [2.24, 2.45) is 0 Å². The van der Waals surface area contributed by atoms with Crippen molar-refractivity contribution in [2.45, 2.75) is 46.7 Å². The number of halogens is 1. The molecule has 0 aliphatic heterocycles. The van der Waals surface area contributed by atoms with Crippen molar-refractivity contribution in [3.63, 3.8) is 0 Å². The quantitative estimate of drug-likeness (QED) is 0.847. The Morgan fingerprint density at radius 1 is 1.24 bits per heavy atom. The Morgan fingerprint density at radius 3 is 2.43 bits per heavy atom. The highest BCUT2D eigenvalue weighted by molar-refractivity contribution is 9.10. The third-order valence-electron chi connectivity index (χ3n) is 3.76. The fourth-order valence-corrected chi connectivity index (χ4v) is 2.88. The first-order chi connectivity index (χ1) is 10.0. The van der Waals surface area contributed by atoms with Crippen LogP contribution in [0.1, 0.15) is 42.1 Å². The average Bonchev–Trinajstić information content (AvgIpc) is 2.91. The molecule has 2 rings (SSSR count). The summed E-state index contributed by atoms with van der Waals surface area (Å²) < 4.78 is 3.19. The molecule has 1 unspecified atom stereocenters. The zero-order valence-electron chi connectivity index (χ0n) is 13.3. The molecule has 0 saturated heterocycles. The highest BCUT2D eigenvalue weighted by Crippen LogP contribution is 2.27. The van der Waals surface area contributed by atoms with Crippen LogP contribution in [0, 0.1) is 13.8 Å². The summed E-state index contributed by atoms with van der Waals surface area (Å²) in [5, 5.41) is 7.97. The Kier molecular flexibility index (Phi) is 5.59. The minimum absolute atomic E-state index is 0.329. The average molecular weight is 350 g/mol. The van der Waals surface area contributed by atoms with Crippen LogP contribution < -0.4 is 5.32 Å². The van der Waals surface area contributed by atoms with Gasteiger partial charge in [0.2, 0.25) is 0 Å². The summed E-state index contributed by atoms with van der Waals surface area (Å²) in [6.07, 6.45) is 5.09. The Morgan fingerprint density at radius 2 is 1.90 bits per heavy atom. The van der Waals surface area contributed by atoms with E-state index >= 15 is 0 Å². The van der Waals surface area contributed by atoms with Gasteiger partial charge in [-0.1, -0.05) is 35.0 Å². The lowest BCUT2D eigenvalue weighted by Gasteiger charge is -2.19. The molecular weight excluding hydrogens is 326 g/mol. The molecule has 0 spiro atoms. The normalized spacial score (nSPS) is 12.6. The largest absolute Gasteiger partial charge is 0.310 e. The van der Waals surface area contributed by atoms with Crippen molar-refractivity contribution in [3.05, 3.63) is 51.3 Å². The third kappa shape index (κ3) is 3.95. The number of hydrogen-bond acceptors (Lipinski definition) is 2. The van der Waals surface area contributed by atoms with E-state index in [9.17, 15) is 0 Å². The molecule has 1 aromatic carbocycles. The Bertz CT molecular complexity index is 581. The van der Waals surface area contributed by atoms with Crippen molar-refractivity contribution in [2.75, 3.05) is 6.54 Å². The molecule has 0 saturated carbocycles. The van der Waals surface area contributed by atoms with Gasteiger partial charge in [-0.15, -0.1) is 0 Å². The molecule has 114 valence electrons. The molecule has 21 heavy (non-hydrogen) atoms. The van der Waals surface area contributed by atoms with E-state index in [1.807, 2.05) is 10.9 Å². The van der Waals surface area contributed by atoms with Crippen LogP contribution in [0.15, 0.2) is 29.0 Å². The summed E-state index contributed by atoms with van der Waals surface area (Å²) in [4.78, 5) is 0. The van der Waals surface area contributed by atoms with E-state index < -0.39 is 0 Å². The van der Waals surface area contributed by atoms with Crippen LogP contribution in [-0.4, -0.2) is 16.3 Å². The summed E-state index contributed by atoms with van der Waals surface area (Å²) in [7, 11) is 0. The number of hydrogen-bond donors (Lipinski definition) is 1. The highest BCUT2D eigenvalue weighted by atomic mass is 79.9. The summed E-state index contributed by atoms with van der Waals surface area (Å²) >= 11 is 3.65. The second kappa shape index (κ2) is 7.23. The van der Waals surface area contributed by atoms with Crippen molar-refractivity contribution < 1.29 is 0 Å². The molecule has 0 aliphatic carbocycles. The summed E-state index contributed by atoms with van der Waals surface area (Å²) in [5.74, 6) is 0. The summed E-state index contributed by atoms with van der Waals surface area (Å²) in [6, 6.07) is 4.87. The molecule has 0 bridgehead atoms. The van der Waals surface area contributed by atoms with Crippen LogP contribution in [-0.2, 0) is 13.0 Å². The van der Waals surface area contributed by atoms with Crippen molar-refractivity contribution in [3.8, 4) is 0 Å². The van der Waals surface area contributed by atoms with Gasteiger partial charge < -0.3 is 5.32 Å². The standard InChI is InChI=1S/C17H24BrN3/c1-5-19-16(9-14-10-20-21(6-2)11-14)15-7-12(3)17(18)13(4)8-15/h7-8,10-11,16,19H,5-6,9H2,1-4H3. The predicted molar refractivity (Wildman–Crippen MR) is 91.6 cm³/mol. The van der Waals surface area contributed by atoms with E-state index in [4.69, 9.17) is 0 Å². The Labute approximate surface area is 135 Å². The lowest BCUT2D eigenvalue weighted by Crippen LogP contribution is -2.23. The fourth-order valence-electron chi connectivity index (χ4n) is 2.66. The Hall–Kier alpha value is -1.13. The number of nitrogens with zero attached hydrogens (tertiary/aromatic N) is 2. The van der Waals surface area contributed by atoms with Crippen LogP contribution in [0.4, 0.5) is 0 Å². The molecule has 1 heterocycles. The van der Waals surface area contributed by atoms with E-state index in [1.165, 1.54) is 26.7 Å². The first kappa shape index (κ1) is 16.2. The van der Waals surface area contributed by atoms with E-state index in [2.05, 4.69) is 72.4 Å². The van der Waals surface area contributed by atoms with Crippen LogP contribution in [0.25, 0.3) is 0 Å². The lowest BCUT2D eigenvalue weighted by molar-refractivity contribution is 0.548. The van der Waals surface area contributed by atoms with E-state index in [0.717, 1.165) is 19.5 Å². The van der Waals surface area contributed by atoms with Gasteiger partial charge in [-0.3, -0.25) is 4.68 Å². The number of rotatable bonds is 6. The highest BCUT2D eigenvalue weighted by Gasteiger charge is 2.14. The van der Waals surface area contributed by atoms with E-state index in [-0.39, 0.29) is 0 Å². The summed E-state index contributed by atoms with van der Waals surface area (Å²) in [5.41, 5.74) is 5.20. The maximum absolute atomic E-state index is 4.37. The fraction of sp³-hybridized carbons (Fsp3) is 0.471. The predicted octanol–water partition coefficient (Wildman–Crippen LogP) is 4.18. The van der Waals surface area contributed by atoms with E-state index in [0.29, 0.717) is 6.04 Å². The van der Waals surface area contributed by atoms with E-state index in [1.54, 1.807) is 0 Å². The van der Waals surface area contributed by atoms with Crippen LogP contribution in [0.3, 0.4) is 0 Å². The SMILES string of the molecule is CCNC(Cc1cnn(CC)c1)c1cc(C)c(Br)c(C)c1. The topological polar surface area (TPSA) is 29.9 Å². The number of likely N-dealkylation sites (N-methyl/N-ethyl adjacent to an activating group) is 1. The monoisotopic (exact) mass is 349 g/mol. The molecule has 4 heteroatoms.